The predicted octanol–water partition coefficient (Wildman–Crippen LogP) is 4.15. The molecule has 19 heavy (non-hydrogen) atoms. The van der Waals surface area contributed by atoms with E-state index in [2.05, 4.69) is 32.3 Å². The largest absolute Gasteiger partial charge is 0.327 e. The molecule has 0 fully saturated rings. The molecule has 1 atom stereocenters. The Labute approximate surface area is 119 Å². The van der Waals surface area contributed by atoms with Crippen LogP contribution in [0.3, 0.4) is 0 Å². The molecule has 0 saturated heterocycles. The zero-order valence-electron chi connectivity index (χ0n) is 12.1. The lowest BCUT2D eigenvalue weighted by Gasteiger charge is -2.27. The van der Waals surface area contributed by atoms with Crippen LogP contribution in [0, 0.1) is 5.41 Å². The van der Waals surface area contributed by atoms with Crippen LogP contribution >= 0.6 is 11.6 Å². The Bertz CT molecular complexity index is 581. The Morgan fingerprint density at radius 1 is 1.37 bits per heavy atom. The fourth-order valence-electron chi connectivity index (χ4n) is 2.20. The number of rotatable bonds is 3. The molecule has 104 valence electrons. The van der Waals surface area contributed by atoms with E-state index in [4.69, 9.17) is 22.3 Å². The molecule has 2 rings (SSSR count). The molecular formula is C15H22ClN3. The minimum absolute atomic E-state index is 0.0172. The summed E-state index contributed by atoms with van der Waals surface area (Å²) in [4.78, 5) is 4.71. The van der Waals surface area contributed by atoms with E-state index in [1.807, 2.05) is 18.2 Å². The minimum Gasteiger partial charge on any atom is -0.327 e. The summed E-state index contributed by atoms with van der Waals surface area (Å²) in [7, 11) is 0. The van der Waals surface area contributed by atoms with Crippen LogP contribution in [0.5, 0.6) is 0 Å². The van der Waals surface area contributed by atoms with Gasteiger partial charge in [-0.15, -0.1) is 0 Å². The molecule has 0 aliphatic carbocycles. The van der Waals surface area contributed by atoms with E-state index in [9.17, 15) is 0 Å². The lowest BCUT2D eigenvalue weighted by Crippen LogP contribution is -2.29. The zero-order chi connectivity index (χ0) is 14.2. The van der Waals surface area contributed by atoms with E-state index in [1.54, 1.807) is 0 Å². The van der Waals surface area contributed by atoms with Gasteiger partial charge in [-0.1, -0.05) is 39.3 Å². The maximum Gasteiger partial charge on any atom is 0.127 e. The highest BCUT2D eigenvalue weighted by Crippen LogP contribution is 2.32. The molecule has 1 unspecified atom stereocenters. The van der Waals surface area contributed by atoms with Crippen LogP contribution in [0.2, 0.25) is 5.02 Å². The number of nitrogens with two attached hydrogens (primary N) is 1. The van der Waals surface area contributed by atoms with Gasteiger partial charge in [0.25, 0.3) is 0 Å². The van der Waals surface area contributed by atoms with Crippen molar-refractivity contribution in [3.8, 4) is 0 Å². The van der Waals surface area contributed by atoms with Crippen LogP contribution in [0.15, 0.2) is 18.2 Å². The summed E-state index contributed by atoms with van der Waals surface area (Å²) >= 11 is 6.05. The van der Waals surface area contributed by atoms with Crippen LogP contribution in [-0.2, 0) is 6.54 Å². The van der Waals surface area contributed by atoms with Gasteiger partial charge >= 0.3 is 0 Å². The standard InChI is InChI=1S/C15H22ClN3/c1-5-8-19-12-7-6-10(16)9-11(12)18-14(19)13(17)15(2,3)4/h6-7,9,13H,5,8,17H2,1-4H3. The van der Waals surface area contributed by atoms with Gasteiger partial charge in [0.2, 0.25) is 0 Å². The van der Waals surface area contributed by atoms with Gasteiger partial charge in [0.1, 0.15) is 5.82 Å². The topological polar surface area (TPSA) is 43.8 Å². The van der Waals surface area contributed by atoms with Crippen molar-refractivity contribution in [2.75, 3.05) is 0 Å². The third kappa shape index (κ3) is 2.77. The summed E-state index contributed by atoms with van der Waals surface area (Å²) < 4.78 is 2.22. The summed E-state index contributed by atoms with van der Waals surface area (Å²) in [5, 5.41) is 0.713. The minimum atomic E-state index is -0.0924. The third-order valence-corrected chi connectivity index (χ3v) is 3.63. The molecule has 0 aliphatic rings. The van der Waals surface area contributed by atoms with Gasteiger partial charge in [0.15, 0.2) is 0 Å². The van der Waals surface area contributed by atoms with Gasteiger partial charge < -0.3 is 10.3 Å². The van der Waals surface area contributed by atoms with Crippen LogP contribution in [-0.4, -0.2) is 9.55 Å². The van der Waals surface area contributed by atoms with Gasteiger partial charge in [0, 0.05) is 11.6 Å². The van der Waals surface area contributed by atoms with Gasteiger partial charge in [0.05, 0.1) is 17.1 Å². The van der Waals surface area contributed by atoms with Crippen molar-refractivity contribution < 1.29 is 0 Å². The van der Waals surface area contributed by atoms with Crippen LogP contribution < -0.4 is 5.73 Å². The molecule has 4 heteroatoms. The Morgan fingerprint density at radius 3 is 2.63 bits per heavy atom. The molecular weight excluding hydrogens is 258 g/mol. The highest BCUT2D eigenvalue weighted by Gasteiger charge is 2.27. The third-order valence-electron chi connectivity index (χ3n) is 3.40. The van der Waals surface area contributed by atoms with Crippen LogP contribution in [0.1, 0.15) is 46.0 Å². The van der Waals surface area contributed by atoms with E-state index in [1.165, 1.54) is 0 Å². The highest BCUT2D eigenvalue weighted by molar-refractivity contribution is 6.31. The maximum absolute atomic E-state index is 6.39. The van der Waals surface area contributed by atoms with Crippen molar-refractivity contribution in [1.82, 2.24) is 9.55 Å². The molecule has 0 amide bonds. The number of aromatic nitrogens is 2. The normalized spacial score (nSPS) is 14.0. The number of halogens is 1. The van der Waals surface area contributed by atoms with Crippen molar-refractivity contribution in [2.45, 2.75) is 46.7 Å². The number of aryl methyl sites for hydroxylation is 1. The van der Waals surface area contributed by atoms with Crippen molar-refractivity contribution in [3.63, 3.8) is 0 Å². The Hall–Kier alpha value is -1.06. The first-order valence-corrected chi connectivity index (χ1v) is 7.13. The summed E-state index contributed by atoms with van der Waals surface area (Å²) in [6.45, 7) is 9.51. The molecule has 0 radical (unpaired) electrons. The highest BCUT2D eigenvalue weighted by atomic mass is 35.5. The molecule has 2 aromatic rings. The Balaban J connectivity index is 2.62. The average Bonchev–Trinajstić information content (AvgIpc) is 2.65. The molecule has 0 saturated carbocycles. The van der Waals surface area contributed by atoms with Crippen LogP contribution in [0.25, 0.3) is 11.0 Å². The van der Waals surface area contributed by atoms with Crippen molar-refractivity contribution in [2.24, 2.45) is 11.1 Å². The number of nitrogens with zero attached hydrogens (tertiary/aromatic N) is 2. The van der Waals surface area contributed by atoms with Gasteiger partial charge in [-0.2, -0.15) is 0 Å². The first-order valence-electron chi connectivity index (χ1n) is 6.76. The Morgan fingerprint density at radius 2 is 2.05 bits per heavy atom. The lowest BCUT2D eigenvalue weighted by molar-refractivity contribution is 0.308. The molecule has 0 bridgehead atoms. The number of fused-ring (bicyclic) bond motifs is 1. The van der Waals surface area contributed by atoms with Crippen molar-refractivity contribution in [1.29, 1.82) is 0 Å². The van der Waals surface area contributed by atoms with E-state index < -0.39 is 0 Å². The van der Waals surface area contributed by atoms with Crippen molar-refractivity contribution >= 4 is 22.6 Å². The average molecular weight is 280 g/mol. The van der Waals surface area contributed by atoms with Gasteiger partial charge in [-0.05, 0) is 30.0 Å². The number of hydrogen-bond donors (Lipinski definition) is 1. The van der Waals surface area contributed by atoms with Crippen molar-refractivity contribution in [3.05, 3.63) is 29.0 Å². The fraction of sp³-hybridized carbons (Fsp3) is 0.533. The fourth-order valence-corrected chi connectivity index (χ4v) is 2.37. The second-order valence-electron chi connectivity index (χ2n) is 6.10. The predicted molar refractivity (Wildman–Crippen MR) is 81.4 cm³/mol. The second kappa shape index (κ2) is 5.14. The first-order chi connectivity index (χ1) is 8.84. The molecule has 1 aromatic heterocycles. The van der Waals surface area contributed by atoms with E-state index in [0.29, 0.717) is 5.02 Å². The molecule has 3 nitrogen and oxygen atoms in total. The Kier molecular flexibility index (Phi) is 3.88. The molecule has 0 aliphatic heterocycles. The molecule has 1 heterocycles. The second-order valence-corrected chi connectivity index (χ2v) is 6.53. The van der Waals surface area contributed by atoms with Gasteiger partial charge in [-0.25, -0.2) is 4.98 Å². The first kappa shape index (κ1) is 14.4. The zero-order valence-corrected chi connectivity index (χ0v) is 12.8. The molecule has 2 N–H and O–H groups in total. The lowest BCUT2D eigenvalue weighted by atomic mass is 9.87. The van der Waals surface area contributed by atoms with E-state index >= 15 is 0 Å². The smallest absolute Gasteiger partial charge is 0.127 e. The quantitative estimate of drug-likeness (QED) is 0.917. The molecule has 1 aromatic carbocycles. The number of hydrogen-bond acceptors (Lipinski definition) is 2. The van der Waals surface area contributed by atoms with Gasteiger partial charge in [-0.3, -0.25) is 0 Å². The summed E-state index contributed by atoms with van der Waals surface area (Å²) in [6.07, 6.45) is 1.05. The monoisotopic (exact) mass is 279 g/mol. The molecule has 0 spiro atoms. The summed E-state index contributed by atoms with van der Waals surface area (Å²) in [6, 6.07) is 5.75. The number of benzene rings is 1. The van der Waals surface area contributed by atoms with Crippen LogP contribution in [0.4, 0.5) is 0 Å². The summed E-state index contributed by atoms with van der Waals surface area (Å²) in [5.41, 5.74) is 8.41. The number of imidazole rings is 1. The maximum atomic E-state index is 6.39. The summed E-state index contributed by atoms with van der Waals surface area (Å²) in [5.74, 6) is 0.951. The van der Waals surface area contributed by atoms with E-state index in [-0.39, 0.29) is 11.5 Å². The SMILES string of the molecule is CCCn1c(C(N)C(C)(C)C)nc2cc(Cl)ccc21. The van der Waals surface area contributed by atoms with E-state index in [0.717, 1.165) is 29.8 Å².